The van der Waals surface area contributed by atoms with Gasteiger partial charge in [0, 0.05) is 29.5 Å². The molecule has 0 bridgehead atoms. The van der Waals surface area contributed by atoms with Gasteiger partial charge in [0.1, 0.15) is 11.9 Å². The summed E-state index contributed by atoms with van der Waals surface area (Å²) in [5.41, 5.74) is 0.787. The van der Waals surface area contributed by atoms with Gasteiger partial charge in [-0.05, 0) is 29.8 Å². The summed E-state index contributed by atoms with van der Waals surface area (Å²) in [7, 11) is 0. The van der Waals surface area contributed by atoms with Crippen molar-refractivity contribution in [2.45, 2.75) is 12.6 Å². The highest BCUT2D eigenvalue weighted by molar-refractivity contribution is 6.31. The number of carbonyl (C=O) groups is 1. The molecule has 2 aromatic rings. The van der Waals surface area contributed by atoms with Crippen LogP contribution in [-0.4, -0.2) is 16.1 Å². The van der Waals surface area contributed by atoms with Crippen molar-refractivity contribution in [2.24, 2.45) is 0 Å². The van der Waals surface area contributed by atoms with Gasteiger partial charge >= 0.3 is 5.97 Å². The topological polar surface area (TPSA) is 62.2 Å². The van der Waals surface area contributed by atoms with Gasteiger partial charge in [0.2, 0.25) is 0 Å². The molecule has 0 aliphatic carbocycles. The van der Waals surface area contributed by atoms with Gasteiger partial charge in [-0.2, -0.15) is 0 Å². The van der Waals surface area contributed by atoms with Gasteiger partial charge in [0.15, 0.2) is 0 Å². The van der Waals surface area contributed by atoms with Gasteiger partial charge in [-0.15, -0.1) is 0 Å². The van der Waals surface area contributed by atoms with E-state index in [4.69, 9.17) is 11.6 Å². The Morgan fingerprint density at radius 2 is 2.05 bits per heavy atom. The molecule has 0 saturated carbocycles. The van der Waals surface area contributed by atoms with Gasteiger partial charge in [-0.3, -0.25) is 15.1 Å². The second-order valence-electron chi connectivity index (χ2n) is 4.14. The van der Waals surface area contributed by atoms with Crippen molar-refractivity contribution in [1.82, 2.24) is 10.3 Å². The molecule has 0 aliphatic heterocycles. The molecular formula is C14H12ClFN2O2. The number of hydrogen-bond donors (Lipinski definition) is 2. The Labute approximate surface area is 120 Å². The first-order chi connectivity index (χ1) is 9.59. The van der Waals surface area contributed by atoms with E-state index >= 15 is 0 Å². The summed E-state index contributed by atoms with van der Waals surface area (Å²) in [5.74, 6) is -1.84. The second kappa shape index (κ2) is 6.45. The van der Waals surface area contributed by atoms with Crippen molar-refractivity contribution in [1.29, 1.82) is 0 Å². The zero-order chi connectivity index (χ0) is 14.5. The van der Waals surface area contributed by atoms with Crippen LogP contribution in [0.2, 0.25) is 5.02 Å². The fourth-order valence-corrected chi connectivity index (χ4v) is 2.09. The van der Waals surface area contributed by atoms with E-state index in [1.54, 1.807) is 24.5 Å². The van der Waals surface area contributed by atoms with Crippen LogP contribution in [0.15, 0.2) is 42.7 Å². The maximum absolute atomic E-state index is 13.8. The van der Waals surface area contributed by atoms with Crippen molar-refractivity contribution < 1.29 is 14.3 Å². The first kappa shape index (κ1) is 14.4. The normalized spacial score (nSPS) is 12.1. The molecule has 1 heterocycles. The van der Waals surface area contributed by atoms with E-state index in [-0.39, 0.29) is 17.1 Å². The van der Waals surface area contributed by atoms with Crippen LogP contribution in [0.3, 0.4) is 0 Å². The molecule has 1 unspecified atom stereocenters. The van der Waals surface area contributed by atoms with E-state index in [1.165, 1.54) is 18.2 Å². The number of rotatable bonds is 5. The molecule has 104 valence electrons. The lowest BCUT2D eigenvalue weighted by Gasteiger charge is -2.17. The first-order valence-electron chi connectivity index (χ1n) is 5.88. The quantitative estimate of drug-likeness (QED) is 0.890. The molecule has 4 nitrogen and oxygen atoms in total. The molecule has 1 aromatic heterocycles. The molecule has 6 heteroatoms. The van der Waals surface area contributed by atoms with E-state index in [0.717, 1.165) is 5.56 Å². The Kier molecular flexibility index (Phi) is 4.65. The lowest BCUT2D eigenvalue weighted by molar-refractivity contribution is -0.139. The number of aliphatic carboxylic acids is 1. The Balaban J connectivity index is 2.22. The Hall–Kier alpha value is -1.98. The number of aromatic nitrogens is 1. The Morgan fingerprint density at radius 3 is 2.65 bits per heavy atom. The highest BCUT2D eigenvalue weighted by Gasteiger charge is 2.25. The monoisotopic (exact) mass is 294 g/mol. The molecule has 2 N–H and O–H groups in total. The SMILES string of the molecule is O=C(O)C(NCc1ccncc1)c1c(F)cccc1Cl. The summed E-state index contributed by atoms with van der Waals surface area (Å²) in [6, 6.07) is 6.36. The standard InChI is InChI=1S/C14H12ClFN2O2/c15-10-2-1-3-11(16)12(10)13(14(19)20)18-8-9-4-6-17-7-5-9/h1-7,13,18H,8H2,(H,19,20). The molecule has 0 saturated heterocycles. The maximum atomic E-state index is 13.8. The van der Waals surface area contributed by atoms with Gasteiger partial charge in [0.05, 0.1) is 0 Å². The second-order valence-corrected chi connectivity index (χ2v) is 4.55. The van der Waals surface area contributed by atoms with Crippen LogP contribution < -0.4 is 5.32 Å². The molecule has 0 spiro atoms. The highest BCUT2D eigenvalue weighted by atomic mass is 35.5. The summed E-state index contributed by atoms with van der Waals surface area (Å²) < 4.78 is 13.8. The fraction of sp³-hybridized carbons (Fsp3) is 0.143. The number of nitrogens with one attached hydrogen (secondary N) is 1. The zero-order valence-electron chi connectivity index (χ0n) is 10.4. The van der Waals surface area contributed by atoms with Crippen molar-refractivity contribution >= 4 is 17.6 Å². The lowest BCUT2D eigenvalue weighted by Crippen LogP contribution is -2.29. The Bertz CT molecular complexity index is 587. The number of pyridine rings is 1. The van der Waals surface area contributed by atoms with Crippen LogP contribution in [-0.2, 0) is 11.3 Å². The van der Waals surface area contributed by atoms with Crippen molar-refractivity contribution in [3.05, 3.63) is 64.7 Å². The van der Waals surface area contributed by atoms with Crippen molar-refractivity contribution in [3.63, 3.8) is 0 Å². The van der Waals surface area contributed by atoms with E-state index in [0.29, 0.717) is 0 Å². The zero-order valence-corrected chi connectivity index (χ0v) is 11.1. The van der Waals surface area contributed by atoms with Crippen LogP contribution in [0.25, 0.3) is 0 Å². The largest absolute Gasteiger partial charge is 0.480 e. The van der Waals surface area contributed by atoms with Gasteiger partial charge < -0.3 is 5.11 Å². The predicted octanol–water partition coefficient (Wildman–Crippen LogP) is 2.79. The molecule has 0 fully saturated rings. The summed E-state index contributed by atoms with van der Waals surface area (Å²) in [6.45, 7) is 0.268. The summed E-state index contributed by atoms with van der Waals surface area (Å²) in [4.78, 5) is 15.2. The maximum Gasteiger partial charge on any atom is 0.325 e. The Morgan fingerprint density at radius 1 is 1.35 bits per heavy atom. The third-order valence-electron chi connectivity index (χ3n) is 2.80. The lowest BCUT2D eigenvalue weighted by atomic mass is 10.1. The minimum Gasteiger partial charge on any atom is -0.480 e. The van der Waals surface area contributed by atoms with Crippen LogP contribution in [0.1, 0.15) is 17.2 Å². The van der Waals surface area contributed by atoms with Crippen LogP contribution in [0.5, 0.6) is 0 Å². The predicted molar refractivity (Wildman–Crippen MR) is 72.9 cm³/mol. The van der Waals surface area contributed by atoms with Crippen molar-refractivity contribution in [2.75, 3.05) is 0 Å². The summed E-state index contributed by atoms with van der Waals surface area (Å²) in [6.07, 6.45) is 3.20. The molecule has 1 aromatic carbocycles. The molecule has 2 rings (SSSR count). The third kappa shape index (κ3) is 3.31. The van der Waals surface area contributed by atoms with Crippen molar-refractivity contribution in [3.8, 4) is 0 Å². The smallest absolute Gasteiger partial charge is 0.325 e. The highest BCUT2D eigenvalue weighted by Crippen LogP contribution is 2.26. The minimum absolute atomic E-state index is 0.0595. The third-order valence-corrected chi connectivity index (χ3v) is 3.12. The molecule has 0 amide bonds. The van der Waals surface area contributed by atoms with E-state index in [9.17, 15) is 14.3 Å². The average molecular weight is 295 g/mol. The average Bonchev–Trinajstić information content (AvgIpc) is 2.42. The number of carboxylic acid groups (broad SMARTS) is 1. The summed E-state index contributed by atoms with van der Waals surface area (Å²) >= 11 is 5.90. The fourth-order valence-electron chi connectivity index (χ4n) is 1.82. The van der Waals surface area contributed by atoms with E-state index in [2.05, 4.69) is 10.3 Å². The van der Waals surface area contributed by atoms with Gasteiger partial charge in [-0.25, -0.2) is 4.39 Å². The molecular weight excluding hydrogens is 283 g/mol. The minimum atomic E-state index is -1.21. The molecule has 0 radical (unpaired) electrons. The number of carboxylic acids is 1. The van der Waals surface area contributed by atoms with Crippen LogP contribution in [0.4, 0.5) is 4.39 Å². The van der Waals surface area contributed by atoms with Crippen LogP contribution in [0, 0.1) is 5.82 Å². The number of benzene rings is 1. The van der Waals surface area contributed by atoms with Gasteiger partial charge in [0.25, 0.3) is 0 Å². The number of halogens is 2. The number of nitrogens with zero attached hydrogens (tertiary/aromatic N) is 1. The first-order valence-corrected chi connectivity index (χ1v) is 6.26. The molecule has 20 heavy (non-hydrogen) atoms. The molecule has 1 atom stereocenters. The molecule has 0 aliphatic rings. The summed E-state index contributed by atoms with van der Waals surface area (Å²) in [5, 5.41) is 12.1. The van der Waals surface area contributed by atoms with E-state index in [1.807, 2.05) is 0 Å². The van der Waals surface area contributed by atoms with Crippen LogP contribution >= 0.6 is 11.6 Å². The van der Waals surface area contributed by atoms with E-state index < -0.39 is 17.8 Å². The number of hydrogen-bond acceptors (Lipinski definition) is 3. The van der Waals surface area contributed by atoms with Gasteiger partial charge in [-0.1, -0.05) is 17.7 Å².